The molecule has 8 heteroatoms. The molecule has 1 aliphatic heterocycles. The van der Waals surface area contributed by atoms with Gasteiger partial charge < -0.3 is 25.4 Å². The van der Waals surface area contributed by atoms with Crippen molar-refractivity contribution < 1.29 is 19.7 Å². The first kappa shape index (κ1) is 13.0. The molecule has 4 atom stereocenters. The second kappa shape index (κ2) is 5.02. The fourth-order valence-corrected chi connectivity index (χ4v) is 1.99. The van der Waals surface area contributed by atoms with Crippen molar-refractivity contribution in [2.75, 3.05) is 19.5 Å². The molecule has 1 aliphatic rings. The van der Waals surface area contributed by atoms with E-state index in [0.29, 0.717) is 0 Å². The molecule has 1 aromatic rings. The molecule has 4 N–H and O–H groups in total. The number of hydrogen-bond donors (Lipinski definition) is 3. The monoisotopic (exact) mass is 257 g/mol. The minimum absolute atomic E-state index is 0.0414. The van der Waals surface area contributed by atoms with Gasteiger partial charge in [-0.05, 0) is 0 Å². The Labute approximate surface area is 103 Å². The summed E-state index contributed by atoms with van der Waals surface area (Å²) >= 11 is 0. The van der Waals surface area contributed by atoms with Gasteiger partial charge in [0.15, 0.2) is 6.23 Å². The van der Waals surface area contributed by atoms with Crippen LogP contribution < -0.4 is 11.3 Å². The summed E-state index contributed by atoms with van der Waals surface area (Å²) in [7, 11) is 1.41. The summed E-state index contributed by atoms with van der Waals surface area (Å²) in [5, 5.41) is 19.0. The van der Waals surface area contributed by atoms with Gasteiger partial charge in [0.25, 0.3) is 5.56 Å². The predicted octanol–water partition coefficient (Wildman–Crippen LogP) is -1.91. The topological polar surface area (TPSA) is 120 Å². The Kier molecular flexibility index (Phi) is 3.62. The van der Waals surface area contributed by atoms with E-state index >= 15 is 0 Å². The van der Waals surface area contributed by atoms with E-state index < -0.39 is 30.1 Å². The van der Waals surface area contributed by atoms with Crippen LogP contribution in [0.1, 0.15) is 6.23 Å². The Morgan fingerprint density at radius 2 is 2.39 bits per heavy atom. The summed E-state index contributed by atoms with van der Waals surface area (Å²) < 4.78 is 12.0. The highest BCUT2D eigenvalue weighted by atomic mass is 16.6. The van der Waals surface area contributed by atoms with Crippen molar-refractivity contribution in [2.24, 2.45) is 0 Å². The number of aliphatic hydroxyl groups is 2. The Bertz CT molecular complexity index is 477. The summed E-state index contributed by atoms with van der Waals surface area (Å²) in [5.41, 5.74) is 5.16. The van der Waals surface area contributed by atoms with Gasteiger partial charge in [0.2, 0.25) is 5.95 Å². The van der Waals surface area contributed by atoms with Crippen molar-refractivity contribution in [1.82, 2.24) is 9.55 Å². The van der Waals surface area contributed by atoms with Crippen LogP contribution in [0.5, 0.6) is 0 Å². The van der Waals surface area contributed by atoms with Crippen molar-refractivity contribution in [3.05, 3.63) is 22.6 Å². The van der Waals surface area contributed by atoms with Crippen molar-refractivity contribution in [1.29, 1.82) is 0 Å². The molecule has 0 aliphatic carbocycles. The van der Waals surface area contributed by atoms with Crippen LogP contribution in [0.4, 0.5) is 5.95 Å². The Morgan fingerprint density at radius 1 is 1.67 bits per heavy atom. The average molecular weight is 257 g/mol. The third-order valence-corrected chi connectivity index (χ3v) is 2.91. The zero-order chi connectivity index (χ0) is 13.3. The lowest BCUT2D eigenvalue weighted by molar-refractivity contribution is -0.0596. The Balaban J connectivity index is 2.34. The standard InChI is InChI=1S/C10H15N3O5/c1-17-8-7(16)5(4-14)18-9(8)13-3-2-6(15)12-10(13)11/h2-3,5,7-9,14,16H,4H2,1H3,(H2,11,12,15). The van der Waals surface area contributed by atoms with E-state index in [2.05, 4.69) is 4.98 Å². The van der Waals surface area contributed by atoms with E-state index in [4.69, 9.17) is 20.3 Å². The summed E-state index contributed by atoms with van der Waals surface area (Å²) in [6.07, 6.45) is -1.78. The number of anilines is 1. The van der Waals surface area contributed by atoms with Gasteiger partial charge in [0.1, 0.15) is 18.3 Å². The summed E-state index contributed by atoms with van der Waals surface area (Å²) in [6.45, 7) is -0.342. The minimum Gasteiger partial charge on any atom is -0.394 e. The van der Waals surface area contributed by atoms with Crippen LogP contribution in [0.25, 0.3) is 0 Å². The Morgan fingerprint density at radius 3 is 2.94 bits per heavy atom. The van der Waals surface area contributed by atoms with E-state index in [1.165, 1.54) is 23.9 Å². The van der Waals surface area contributed by atoms with Gasteiger partial charge in [-0.3, -0.25) is 9.36 Å². The number of rotatable bonds is 3. The predicted molar refractivity (Wildman–Crippen MR) is 60.7 cm³/mol. The highest BCUT2D eigenvalue weighted by molar-refractivity contribution is 5.18. The summed E-state index contributed by atoms with van der Waals surface area (Å²) in [6, 6.07) is 1.23. The number of ether oxygens (including phenoxy) is 2. The largest absolute Gasteiger partial charge is 0.394 e. The maximum Gasteiger partial charge on any atom is 0.274 e. The fraction of sp³-hybridized carbons (Fsp3) is 0.600. The van der Waals surface area contributed by atoms with E-state index in [-0.39, 0.29) is 12.6 Å². The van der Waals surface area contributed by atoms with E-state index in [0.717, 1.165) is 0 Å². The number of methoxy groups -OCH3 is 1. The molecular weight excluding hydrogens is 242 g/mol. The molecule has 1 aromatic heterocycles. The van der Waals surface area contributed by atoms with E-state index in [1.807, 2.05) is 0 Å². The molecule has 0 bridgehead atoms. The quantitative estimate of drug-likeness (QED) is 0.578. The number of aromatic nitrogens is 2. The maximum atomic E-state index is 11.0. The molecule has 0 aromatic carbocycles. The minimum atomic E-state index is -0.983. The number of nitrogens with zero attached hydrogens (tertiary/aromatic N) is 2. The van der Waals surface area contributed by atoms with Gasteiger partial charge in [-0.1, -0.05) is 0 Å². The second-order valence-electron chi connectivity index (χ2n) is 3.97. The molecule has 1 saturated heterocycles. The molecule has 8 nitrogen and oxygen atoms in total. The molecular formula is C10H15N3O5. The molecule has 0 saturated carbocycles. The third kappa shape index (κ3) is 2.10. The van der Waals surface area contributed by atoms with Gasteiger partial charge in [-0.15, -0.1) is 0 Å². The molecule has 18 heavy (non-hydrogen) atoms. The first-order valence-electron chi connectivity index (χ1n) is 5.40. The first-order valence-corrected chi connectivity index (χ1v) is 5.40. The fourth-order valence-electron chi connectivity index (χ4n) is 1.99. The summed E-state index contributed by atoms with van der Waals surface area (Å²) in [4.78, 5) is 14.6. The van der Waals surface area contributed by atoms with Crippen molar-refractivity contribution in [3.63, 3.8) is 0 Å². The van der Waals surface area contributed by atoms with Crippen molar-refractivity contribution in [2.45, 2.75) is 24.5 Å². The van der Waals surface area contributed by atoms with Crippen LogP contribution in [-0.4, -0.2) is 51.8 Å². The second-order valence-corrected chi connectivity index (χ2v) is 3.97. The van der Waals surface area contributed by atoms with Crippen LogP contribution in [0.15, 0.2) is 17.1 Å². The molecule has 1 fully saturated rings. The molecule has 2 rings (SSSR count). The van der Waals surface area contributed by atoms with Gasteiger partial charge >= 0.3 is 0 Å². The van der Waals surface area contributed by atoms with Gasteiger partial charge in [0.05, 0.1) is 6.61 Å². The molecule has 0 radical (unpaired) electrons. The van der Waals surface area contributed by atoms with E-state index in [9.17, 15) is 9.90 Å². The number of nitrogens with two attached hydrogens (primary N) is 1. The van der Waals surface area contributed by atoms with Gasteiger partial charge in [0, 0.05) is 19.4 Å². The molecule has 100 valence electrons. The van der Waals surface area contributed by atoms with Crippen LogP contribution in [-0.2, 0) is 9.47 Å². The molecule has 0 amide bonds. The lowest BCUT2D eigenvalue weighted by atomic mass is 10.1. The SMILES string of the molecule is COC1C(O)C(CO)OC1n1ccc(=O)nc1N. The van der Waals surface area contributed by atoms with Gasteiger partial charge in [-0.2, -0.15) is 4.98 Å². The van der Waals surface area contributed by atoms with Crippen LogP contribution in [0.2, 0.25) is 0 Å². The van der Waals surface area contributed by atoms with Crippen molar-refractivity contribution in [3.8, 4) is 0 Å². The van der Waals surface area contributed by atoms with Crippen LogP contribution in [0, 0.1) is 0 Å². The highest BCUT2D eigenvalue weighted by Crippen LogP contribution is 2.31. The van der Waals surface area contributed by atoms with Crippen molar-refractivity contribution >= 4 is 5.95 Å². The van der Waals surface area contributed by atoms with E-state index in [1.54, 1.807) is 0 Å². The number of aliphatic hydroxyl groups excluding tert-OH is 2. The zero-order valence-electron chi connectivity index (χ0n) is 9.76. The smallest absolute Gasteiger partial charge is 0.274 e. The normalized spacial score (nSPS) is 31.7. The lowest BCUT2D eigenvalue weighted by Gasteiger charge is -2.22. The zero-order valence-corrected chi connectivity index (χ0v) is 9.76. The number of hydrogen-bond acceptors (Lipinski definition) is 7. The molecule has 2 heterocycles. The highest BCUT2D eigenvalue weighted by Gasteiger charge is 2.44. The maximum absolute atomic E-state index is 11.0. The summed E-state index contributed by atoms with van der Waals surface area (Å²) in [5.74, 6) is -0.0414. The molecule has 0 spiro atoms. The first-order chi connectivity index (χ1) is 8.58. The number of nitrogen functional groups attached to an aromatic ring is 1. The van der Waals surface area contributed by atoms with Crippen LogP contribution >= 0.6 is 0 Å². The van der Waals surface area contributed by atoms with Crippen LogP contribution in [0.3, 0.4) is 0 Å². The Hall–Kier alpha value is -1.48. The molecule has 4 unspecified atom stereocenters. The third-order valence-electron chi connectivity index (χ3n) is 2.91. The van der Waals surface area contributed by atoms with Gasteiger partial charge in [-0.25, -0.2) is 0 Å². The lowest BCUT2D eigenvalue weighted by Crippen LogP contribution is -2.35. The average Bonchev–Trinajstić information content (AvgIpc) is 2.65.